The van der Waals surface area contributed by atoms with Crippen molar-refractivity contribution in [2.24, 2.45) is 0 Å². The zero-order valence-corrected chi connectivity index (χ0v) is 22.0. The number of ether oxygens (including phenoxy) is 2. The second-order valence-corrected chi connectivity index (χ2v) is 10.6. The molecule has 1 amide bonds. The molecule has 0 aliphatic carbocycles. The number of benzene rings is 2. The van der Waals surface area contributed by atoms with Crippen LogP contribution in [0.3, 0.4) is 0 Å². The summed E-state index contributed by atoms with van der Waals surface area (Å²) in [5, 5.41) is 5.23. The zero-order chi connectivity index (χ0) is 25.5. The summed E-state index contributed by atoms with van der Waals surface area (Å²) < 4.78 is 14.5. The zero-order valence-electron chi connectivity index (χ0n) is 21.2. The highest BCUT2D eigenvalue weighted by atomic mass is 35.5. The minimum absolute atomic E-state index is 0.150. The van der Waals surface area contributed by atoms with Gasteiger partial charge in [-0.15, -0.1) is 0 Å². The summed E-state index contributed by atoms with van der Waals surface area (Å²) in [5.41, 5.74) is 1.65. The van der Waals surface area contributed by atoms with Gasteiger partial charge in [-0.05, 0) is 49.1 Å². The van der Waals surface area contributed by atoms with Crippen LogP contribution in [0.25, 0.3) is 0 Å². The SMILES string of the molecule is O=C(CC1(COc2ccc(Cl)cc2)CN(Cc2cnn(Cc3ccccc3)c2)CCO1)N1CCCCC1. The van der Waals surface area contributed by atoms with Gasteiger partial charge < -0.3 is 14.4 Å². The number of aromatic nitrogens is 2. The Labute approximate surface area is 223 Å². The molecule has 0 spiro atoms. The van der Waals surface area contributed by atoms with Crippen LogP contribution in [-0.4, -0.2) is 70.5 Å². The van der Waals surface area contributed by atoms with Gasteiger partial charge in [-0.1, -0.05) is 41.9 Å². The third-order valence-electron chi connectivity index (χ3n) is 7.11. The largest absolute Gasteiger partial charge is 0.491 e. The van der Waals surface area contributed by atoms with Gasteiger partial charge in [-0.25, -0.2) is 0 Å². The van der Waals surface area contributed by atoms with Crippen LogP contribution in [0.2, 0.25) is 5.02 Å². The molecule has 7 nitrogen and oxygen atoms in total. The predicted molar refractivity (Wildman–Crippen MR) is 144 cm³/mol. The fourth-order valence-electron chi connectivity index (χ4n) is 5.18. The number of nitrogens with zero attached hydrogens (tertiary/aromatic N) is 4. The molecule has 1 unspecified atom stereocenters. The summed E-state index contributed by atoms with van der Waals surface area (Å²) in [6.07, 6.45) is 7.68. The molecular formula is C29H35ClN4O3. The number of amides is 1. The maximum Gasteiger partial charge on any atom is 0.225 e. The van der Waals surface area contributed by atoms with Crippen molar-refractivity contribution in [3.63, 3.8) is 0 Å². The first-order valence-electron chi connectivity index (χ1n) is 13.1. The monoisotopic (exact) mass is 522 g/mol. The molecule has 8 heteroatoms. The Balaban J connectivity index is 1.26. The van der Waals surface area contributed by atoms with Gasteiger partial charge in [0.15, 0.2) is 0 Å². The van der Waals surface area contributed by atoms with Gasteiger partial charge in [-0.3, -0.25) is 14.4 Å². The van der Waals surface area contributed by atoms with Crippen molar-refractivity contribution in [1.29, 1.82) is 0 Å². The number of halogens is 1. The molecular weight excluding hydrogens is 488 g/mol. The lowest BCUT2D eigenvalue weighted by Gasteiger charge is -2.43. The summed E-state index contributed by atoms with van der Waals surface area (Å²) in [5.74, 6) is 0.869. The van der Waals surface area contributed by atoms with Gasteiger partial charge in [0.2, 0.25) is 5.91 Å². The molecule has 1 aromatic heterocycles. The van der Waals surface area contributed by atoms with Crippen molar-refractivity contribution >= 4 is 17.5 Å². The van der Waals surface area contributed by atoms with E-state index in [-0.39, 0.29) is 5.91 Å². The fourth-order valence-corrected chi connectivity index (χ4v) is 5.31. The topological polar surface area (TPSA) is 59.8 Å². The minimum Gasteiger partial charge on any atom is -0.491 e. The lowest BCUT2D eigenvalue weighted by atomic mass is 9.96. The van der Waals surface area contributed by atoms with Crippen LogP contribution in [0.4, 0.5) is 0 Å². The Morgan fingerprint density at radius 1 is 0.973 bits per heavy atom. The molecule has 2 aliphatic heterocycles. The molecule has 0 N–H and O–H groups in total. The highest BCUT2D eigenvalue weighted by Gasteiger charge is 2.41. The van der Waals surface area contributed by atoms with Crippen molar-refractivity contribution in [2.45, 2.75) is 44.4 Å². The Bertz CT molecular complexity index is 1150. The summed E-state index contributed by atoms with van der Waals surface area (Å²) in [7, 11) is 0. The lowest BCUT2D eigenvalue weighted by molar-refractivity contribution is -0.157. The van der Waals surface area contributed by atoms with Crippen molar-refractivity contribution in [2.75, 3.05) is 39.4 Å². The predicted octanol–water partition coefficient (Wildman–Crippen LogP) is 4.64. The standard InChI is InChI=1S/C29H35ClN4O3/c30-26-9-11-27(12-10-26)36-23-29(17-28(35)33-13-5-2-6-14-33)22-32(15-16-37-29)19-25-18-31-34(21-25)20-24-7-3-1-4-8-24/h1,3-4,7-12,18,21H,2,5-6,13-17,19-20,22-23H2. The van der Waals surface area contributed by atoms with E-state index < -0.39 is 5.60 Å². The first kappa shape index (κ1) is 25.8. The second-order valence-electron chi connectivity index (χ2n) is 10.1. The van der Waals surface area contributed by atoms with E-state index in [2.05, 4.69) is 28.3 Å². The Kier molecular flexibility index (Phi) is 8.44. The molecule has 5 rings (SSSR count). The van der Waals surface area contributed by atoms with E-state index in [1.165, 1.54) is 12.0 Å². The molecule has 37 heavy (non-hydrogen) atoms. The highest BCUT2D eigenvalue weighted by molar-refractivity contribution is 6.30. The smallest absolute Gasteiger partial charge is 0.225 e. The number of carbonyl (C=O) groups is 1. The van der Waals surface area contributed by atoms with E-state index in [1.54, 1.807) is 0 Å². The number of hydrogen-bond donors (Lipinski definition) is 0. The number of morpholine rings is 1. The third kappa shape index (κ3) is 7.12. The molecule has 2 aromatic carbocycles. The molecule has 0 saturated carbocycles. The number of hydrogen-bond acceptors (Lipinski definition) is 5. The van der Waals surface area contributed by atoms with Crippen LogP contribution in [0.15, 0.2) is 67.0 Å². The van der Waals surface area contributed by atoms with Crippen LogP contribution < -0.4 is 4.74 Å². The summed E-state index contributed by atoms with van der Waals surface area (Å²) in [6.45, 7) is 5.42. The normalized spacial score (nSPS) is 20.6. The van der Waals surface area contributed by atoms with Crippen molar-refractivity contribution < 1.29 is 14.3 Å². The average molecular weight is 523 g/mol. The Morgan fingerprint density at radius 2 is 1.76 bits per heavy atom. The number of likely N-dealkylation sites (tertiary alicyclic amines) is 1. The first-order valence-corrected chi connectivity index (χ1v) is 13.5. The summed E-state index contributed by atoms with van der Waals surface area (Å²) in [6, 6.07) is 17.7. The van der Waals surface area contributed by atoms with E-state index in [0.717, 1.165) is 56.9 Å². The average Bonchev–Trinajstić information content (AvgIpc) is 3.36. The molecule has 2 fully saturated rings. The lowest BCUT2D eigenvalue weighted by Crippen LogP contribution is -2.57. The molecule has 2 aliphatic rings. The Morgan fingerprint density at radius 3 is 2.54 bits per heavy atom. The van der Waals surface area contributed by atoms with Crippen LogP contribution in [0, 0.1) is 0 Å². The van der Waals surface area contributed by atoms with Crippen molar-refractivity contribution in [1.82, 2.24) is 19.6 Å². The third-order valence-corrected chi connectivity index (χ3v) is 7.36. The quantitative estimate of drug-likeness (QED) is 0.410. The van der Waals surface area contributed by atoms with Gasteiger partial charge in [0, 0.05) is 49.5 Å². The first-order chi connectivity index (χ1) is 18.1. The molecule has 196 valence electrons. The number of rotatable bonds is 9. The van der Waals surface area contributed by atoms with Gasteiger partial charge in [0.1, 0.15) is 18.0 Å². The summed E-state index contributed by atoms with van der Waals surface area (Å²) >= 11 is 6.04. The summed E-state index contributed by atoms with van der Waals surface area (Å²) in [4.78, 5) is 17.6. The molecule has 1 atom stereocenters. The van der Waals surface area contributed by atoms with E-state index in [4.69, 9.17) is 21.1 Å². The van der Waals surface area contributed by atoms with Crippen LogP contribution in [0.5, 0.6) is 5.75 Å². The van der Waals surface area contributed by atoms with Crippen molar-refractivity contribution in [3.05, 3.63) is 83.1 Å². The van der Waals surface area contributed by atoms with E-state index >= 15 is 0 Å². The van der Waals surface area contributed by atoms with Crippen molar-refractivity contribution in [3.8, 4) is 5.75 Å². The van der Waals surface area contributed by atoms with Crippen LogP contribution >= 0.6 is 11.6 Å². The van der Waals surface area contributed by atoms with Gasteiger partial charge in [-0.2, -0.15) is 5.10 Å². The maximum absolute atomic E-state index is 13.3. The van der Waals surface area contributed by atoms with E-state index in [9.17, 15) is 4.79 Å². The fraction of sp³-hybridized carbons (Fsp3) is 0.448. The van der Waals surface area contributed by atoms with Gasteiger partial charge in [0.05, 0.1) is 25.8 Å². The van der Waals surface area contributed by atoms with E-state index in [0.29, 0.717) is 31.2 Å². The minimum atomic E-state index is -0.716. The van der Waals surface area contributed by atoms with Crippen LogP contribution in [0.1, 0.15) is 36.8 Å². The number of piperidine rings is 1. The van der Waals surface area contributed by atoms with Gasteiger partial charge in [0.25, 0.3) is 0 Å². The van der Waals surface area contributed by atoms with Crippen LogP contribution in [-0.2, 0) is 22.6 Å². The van der Waals surface area contributed by atoms with Gasteiger partial charge >= 0.3 is 0 Å². The second kappa shape index (κ2) is 12.1. The molecule has 3 heterocycles. The van der Waals surface area contributed by atoms with E-state index in [1.807, 2.05) is 58.2 Å². The molecule has 2 saturated heterocycles. The number of carbonyl (C=O) groups excluding carboxylic acids is 1. The molecule has 0 radical (unpaired) electrons. The highest BCUT2D eigenvalue weighted by Crippen LogP contribution is 2.27. The molecule has 0 bridgehead atoms. The molecule has 3 aromatic rings. The Hall–Kier alpha value is -2.87. The maximum atomic E-state index is 13.3.